The molecule has 1 unspecified atom stereocenters. The molecule has 0 aliphatic carbocycles. The van der Waals surface area contributed by atoms with Gasteiger partial charge < -0.3 is 24.8 Å². The molecule has 0 bridgehead atoms. The Morgan fingerprint density at radius 1 is 1.50 bits per heavy atom. The number of hydrogen-bond donors (Lipinski definition) is 2. The number of rotatable bonds is 5. The summed E-state index contributed by atoms with van der Waals surface area (Å²) in [6.45, 7) is 3.48. The van der Waals surface area contributed by atoms with Gasteiger partial charge in [-0.25, -0.2) is 4.79 Å². The maximum Gasteiger partial charge on any atom is 0.508 e. The number of alkyl halides is 3. The minimum absolute atomic E-state index is 0.142. The van der Waals surface area contributed by atoms with Crippen molar-refractivity contribution in [1.82, 2.24) is 10.6 Å². The van der Waals surface area contributed by atoms with Crippen LogP contribution in [-0.2, 0) is 19.0 Å². The second kappa shape index (κ2) is 8.24. The molecule has 1 saturated heterocycles. The lowest BCUT2D eigenvalue weighted by atomic mass is 9.93. The summed E-state index contributed by atoms with van der Waals surface area (Å²) < 4.78 is 13.2. The minimum Gasteiger partial charge on any atom is -0.446 e. The van der Waals surface area contributed by atoms with E-state index < -0.39 is 34.8 Å². The normalized spacial score (nSPS) is 22.0. The first-order valence-electron chi connectivity index (χ1n) is 6.29. The van der Waals surface area contributed by atoms with E-state index in [1.165, 1.54) is 6.92 Å². The zero-order valence-corrected chi connectivity index (χ0v) is 14.8. The Balaban J connectivity index is 2.45. The van der Waals surface area contributed by atoms with Crippen LogP contribution in [0.1, 0.15) is 13.8 Å². The molecule has 0 spiro atoms. The lowest BCUT2D eigenvalue weighted by molar-refractivity contribution is -0.154. The SMILES string of the molecule is CCNC(=S)O[C@H]1NC(=O)[C@H]1C(C)OC(=O)OCC(Cl)(Cl)Cl. The maximum atomic E-state index is 11.6. The van der Waals surface area contributed by atoms with Gasteiger partial charge in [-0.15, -0.1) is 0 Å². The Labute approximate surface area is 147 Å². The van der Waals surface area contributed by atoms with Crippen LogP contribution in [0.4, 0.5) is 4.79 Å². The largest absolute Gasteiger partial charge is 0.508 e. The van der Waals surface area contributed by atoms with Gasteiger partial charge in [0.1, 0.15) is 18.6 Å². The van der Waals surface area contributed by atoms with Gasteiger partial charge in [0.2, 0.25) is 9.70 Å². The van der Waals surface area contributed by atoms with Crippen LogP contribution in [0.15, 0.2) is 0 Å². The summed E-state index contributed by atoms with van der Waals surface area (Å²) in [5.74, 6) is -1.04. The van der Waals surface area contributed by atoms with Crippen molar-refractivity contribution in [2.75, 3.05) is 13.2 Å². The van der Waals surface area contributed by atoms with Gasteiger partial charge in [0, 0.05) is 6.54 Å². The highest BCUT2D eigenvalue weighted by atomic mass is 35.6. The molecule has 1 fully saturated rings. The zero-order valence-electron chi connectivity index (χ0n) is 11.7. The number of amides is 1. The van der Waals surface area contributed by atoms with Crippen LogP contribution < -0.4 is 10.6 Å². The molecule has 11 heteroatoms. The minimum atomic E-state index is -1.74. The lowest BCUT2D eigenvalue weighted by Crippen LogP contribution is -2.64. The second-order valence-electron chi connectivity index (χ2n) is 4.37. The van der Waals surface area contributed by atoms with Crippen LogP contribution >= 0.6 is 47.0 Å². The highest BCUT2D eigenvalue weighted by Crippen LogP contribution is 2.27. The smallest absolute Gasteiger partial charge is 0.446 e. The van der Waals surface area contributed by atoms with Gasteiger partial charge in [-0.05, 0) is 26.1 Å². The van der Waals surface area contributed by atoms with E-state index in [1.807, 2.05) is 6.92 Å². The molecule has 2 N–H and O–H groups in total. The highest BCUT2D eigenvalue weighted by molar-refractivity contribution is 7.80. The fourth-order valence-electron chi connectivity index (χ4n) is 1.63. The monoisotopic (exact) mass is 392 g/mol. The van der Waals surface area contributed by atoms with Crippen LogP contribution in [0.3, 0.4) is 0 Å². The van der Waals surface area contributed by atoms with Gasteiger partial charge in [0.05, 0.1) is 0 Å². The standard InChI is InChI=1S/C11H15Cl3N2O5S/c1-3-15-9(22)21-8-6(7(17)16-8)5(2)20-10(18)19-4-11(12,13)14/h5-6,8H,3-4H2,1-2H3,(H,15,22)(H,16,17)/t5?,6-,8-/m1/s1. The zero-order chi connectivity index (χ0) is 16.9. The molecule has 0 saturated carbocycles. The summed E-state index contributed by atoms with van der Waals surface area (Å²) in [5, 5.41) is 5.43. The van der Waals surface area contributed by atoms with E-state index in [1.54, 1.807) is 0 Å². The van der Waals surface area contributed by atoms with Crippen molar-refractivity contribution in [1.29, 1.82) is 0 Å². The average Bonchev–Trinajstić information content (AvgIpc) is 2.34. The molecule has 0 aromatic carbocycles. The van der Waals surface area contributed by atoms with E-state index in [0.717, 1.165) is 0 Å². The molecule has 3 atom stereocenters. The second-order valence-corrected chi connectivity index (χ2v) is 7.25. The van der Waals surface area contributed by atoms with Crippen molar-refractivity contribution in [2.45, 2.75) is 30.0 Å². The Bertz CT molecular complexity index is 446. The maximum absolute atomic E-state index is 11.6. The molecule has 7 nitrogen and oxygen atoms in total. The van der Waals surface area contributed by atoms with Gasteiger partial charge in [-0.2, -0.15) is 0 Å². The van der Waals surface area contributed by atoms with Gasteiger partial charge in [0.15, 0.2) is 6.23 Å². The number of ether oxygens (including phenoxy) is 3. The Hall–Kier alpha value is -0.700. The number of hydrogen-bond acceptors (Lipinski definition) is 6. The van der Waals surface area contributed by atoms with Gasteiger partial charge in [-0.3, -0.25) is 4.79 Å². The van der Waals surface area contributed by atoms with Crippen molar-refractivity contribution in [3.63, 3.8) is 0 Å². The predicted molar refractivity (Wildman–Crippen MR) is 85.0 cm³/mol. The van der Waals surface area contributed by atoms with Crippen molar-refractivity contribution in [3.8, 4) is 0 Å². The molecule has 1 heterocycles. The molecule has 1 aliphatic heterocycles. The average molecular weight is 394 g/mol. The highest BCUT2D eigenvalue weighted by Gasteiger charge is 2.47. The molecular weight excluding hydrogens is 379 g/mol. The Morgan fingerprint density at radius 2 is 2.14 bits per heavy atom. The molecular formula is C11H15Cl3N2O5S. The molecule has 0 aromatic rings. The molecule has 126 valence electrons. The summed E-state index contributed by atoms with van der Waals surface area (Å²) in [7, 11) is 0. The summed E-state index contributed by atoms with van der Waals surface area (Å²) in [4.78, 5) is 23.0. The van der Waals surface area contributed by atoms with Crippen LogP contribution in [0, 0.1) is 5.92 Å². The van der Waals surface area contributed by atoms with E-state index in [-0.39, 0.29) is 11.1 Å². The first-order valence-corrected chi connectivity index (χ1v) is 7.83. The third-order valence-electron chi connectivity index (χ3n) is 2.61. The quantitative estimate of drug-likeness (QED) is 0.319. The lowest BCUT2D eigenvalue weighted by Gasteiger charge is -2.38. The molecule has 0 aromatic heterocycles. The summed E-state index contributed by atoms with van der Waals surface area (Å²) in [6, 6.07) is 0. The number of carbonyl (C=O) groups is 2. The Morgan fingerprint density at radius 3 is 2.64 bits per heavy atom. The third kappa shape index (κ3) is 6.20. The van der Waals surface area contributed by atoms with Crippen molar-refractivity contribution >= 4 is 64.3 Å². The van der Waals surface area contributed by atoms with E-state index in [2.05, 4.69) is 15.4 Å². The van der Waals surface area contributed by atoms with Crippen molar-refractivity contribution < 1.29 is 23.8 Å². The topological polar surface area (TPSA) is 85.9 Å². The van der Waals surface area contributed by atoms with Crippen LogP contribution in [0.25, 0.3) is 0 Å². The van der Waals surface area contributed by atoms with Crippen LogP contribution in [0.2, 0.25) is 0 Å². The third-order valence-corrected chi connectivity index (χ3v) is 3.18. The summed E-state index contributed by atoms with van der Waals surface area (Å²) in [6.07, 6.45) is -2.53. The molecule has 1 rings (SSSR count). The van der Waals surface area contributed by atoms with Gasteiger partial charge in [0.25, 0.3) is 5.17 Å². The predicted octanol–water partition coefficient (Wildman–Crippen LogP) is 1.88. The Kier molecular flexibility index (Phi) is 7.24. The first kappa shape index (κ1) is 19.3. The van der Waals surface area contributed by atoms with Crippen LogP contribution in [0.5, 0.6) is 0 Å². The van der Waals surface area contributed by atoms with Crippen LogP contribution in [-0.4, -0.2) is 46.5 Å². The van der Waals surface area contributed by atoms with E-state index in [0.29, 0.717) is 6.54 Å². The summed E-state index contributed by atoms with van der Waals surface area (Å²) in [5.41, 5.74) is 0. The van der Waals surface area contributed by atoms with Gasteiger partial charge >= 0.3 is 6.16 Å². The molecule has 0 radical (unpaired) electrons. The molecule has 1 amide bonds. The number of thiocarbonyl (C=S) groups is 1. The number of carbonyl (C=O) groups excluding carboxylic acids is 2. The first-order chi connectivity index (χ1) is 10.1. The molecule has 22 heavy (non-hydrogen) atoms. The van der Waals surface area contributed by atoms with Crippen molar-refractivity contribution in [3.05, 3.63) is 0 Å². The van der Waals surface area contributed by atoms with E-state index in [9.17, 15) is 9.59 Å². The number of halogens is 3. The fraction of sp³-hybridized carbons (Fsp3) is 0.727. The fourth-order valence-corrected chi connectivity index (χ4v) is 2.04. The van der Waals surface area contributed by atoms with Crippen molar-refractivity contribution in [2.24, 2.45) is 5.92 Å². The summed E-state index contributed by atoms with van der Waals surface area (Å²) >= 11 is 21.2. The number of nitrogens with one attached hydrogen (secondary N) is 2. The van der Waals surface area contributed by atoms with E-state index in [4.69, 9.17) is 56.5 Å². The van der Waals surface area contributed by atoms with Gasteiger partial charge in [-0.1, -0.05) is 34.8 Å². The number of β-lactam (4-membered cyclic amide) rings is 1. The molecule has 1 aliphatic rings. The van der Waals surface area contributed by atoms with E-state index >= 15 is 0 Å².